The Kier molecular flexibility index (Phi) is 4.51. The number of rotatable bonds is 5. The standard InChI is InChI=1S/C19H20N2O3/c1-4-14(20-12-8-6-5-7-9-12)18-13-10-16(23-2)17(24-3)11-15(13)21-19(18)22/h5-11,18H,4H2,1-3H3,(H,21,22). The van der Waals surface area contributed by atoms with E-state index in [2.05, 4.69) is 5.32 Å². The molecule has 0 radical (unpaired) electrons. The highest BCUT2D eigenvalue weighted by atomic mass is 16.5. The van der Waals surface area contributed by atoms with Gasteiger partial charge in [-0.1, -0.05) is 25.1 Å². The molecule has 1 amide bonds. The molecule has 24 heavy (non-hydrogen) atoms. The van der Waals surface area contributed by atoms with E-state index in [0.717, 1.165) is 22.6 Å². The Balaban J connectivity index is 2.06. The number of para-hydroxylation sites is 1. The molecule has 2 aromatic carbocycles. The van der Waals surface area contributed by atoms with Gasteiger partial charge in [0.05, 0.1) is 19.9 Å². The van der Waals surface area contributed by atoms with E-state index >= 15 is 0 Å². The van der Waals surface area contributed by atoms with Crippen molar-refractivity contribution < 1.29 is 14.3 Å². The maximum absolute atomic E-state index is 12.5. The smallest absolute Gasteiger partial charge is 0.237 e. The first-order valence-electron chi connectivity index (χ1n) is 7.87. The largest absolute Gasteiger partial charge is 0.493 e. The molecular weight excluding hydrogens is 304 g/mol. The van der Waals surface area contributed by atoms with Crippen molar-refractivity contribution in [3.05, 3.63) is 48.0 Å². The summed E-state index contributed by atoms with van der Waals surface area (Å²) in [5, 5.41) is 2.92. The molecule has 5 heteroatoms. The number of hydrogen-bond acceptors (Lipinski definition) is 4. The van der Waals surface area contributed by atoms with Crippen LogP contribution in [0.1, 0.15) is 24.8 Å². The van der Waals surface area contributed by atoms with Crippen LogP contribution in [0, 0.1) is 0 Å². The van der Waals surface area contributed by atoms with Gasteiger partial charge in [-0.2, -0.15) is 0 Å². The Labute approximate surface area is 141 Å². The second kappa shape index (κ2) is 6.74. The monoisotopic (exact) mass is 324 g/mol. The van der Waals surface area contributed by atoms with Crippen LogP contribution in [0.3, 0.4) is 0 Å². The molecule has 1 N–H and O–H groups in total. The Morgan fingerprint density at radius 2 is 1.79 bits per heavy atom. The molecule has 0 saturated heterocycles. The summed E-state index contributed by atoms with van der Waals surface area (Å²) in [6.45, 7) is 2.01. The molecule has 0 bridgehead atoms. The highest BCUT2D eigenvalue weighted by molar-refractivity contribution is 6.19. The summed E-state index contributed by atoms with van der Waals surface area (Å²) in [6.07, 6.45) is 0.681. The van der Waals surface area contributed by atoms with Crippen LogP contribution >= 0.6 is 0 Å². The third-order valence-electron chi connectivity index (χ3n) is 4.11. The number of carbonyl (C=O) groups excluding carboxylic acids is 1. The van der Waals surface area contributed by atoms with Gasteiger partial charge in [0.25, 0.3) is 0 Å². The zero-order valence-electron chi connectivity index (χ0n) is 14.0. The van der Waals surface area contributed by atoms with E-state index in [-0.39, 0.29) is 5.91 Å². The second-order valence-electron chi connectivity index (χ2n) is 5.51. The number of benzene rings is 2. The van der Waals surface area contributed by atoms with Crippen LogP contribution < -0.4 is 14.8 Å². The minimum absolute atomic E-state index is 0.0724. The SMILES string of the molecule is CCC(=Nc1ccccc1)C1C(=O)Nc2cc(OC)c(OC)cc21. The van der Waals surface area contributed by atoms with Gasteiger partial charge in [0.2, 0.25) is 5.91 Å². The van der Waals surface area contributed by atoms with Crippen LogP contribution in [0.25, 0.3) is 0 Å². The molecule has 5 nitrogen and oxygen atoms in total. The van der Waals surface area contributed by atoms with Crippen molar-refractivity contribution in [1.29, 1.82) is 0 Å². The minimum Gasteiger partial charge on any atom is -0.493 e. The van der Waals surface area contributed by atoms with Crippen molar-refractivity contribution in [2.45, 2.75) is 19.3 Å². The van der Waals surface area contributed by atoms with Crippen molar-refractivity contribution in [3.63, 3.8) is 0 Å². The zero-order valence-corrected chi connectivity index (χ0v) is 14.0. The third-order valence-corrected chi connectivity index (χ3v) is 4.11. The second-order valence-corrected chi connectivity index (χ2v) is 5.51. The van der Waals surface area contributed by atoms with Crippen molar-refractivity contribution in [1.82, 2.24) is 0 Å². The number of amides is 1. The molecule has 0 saturated carbocycles. The maximum Gasteiger partial charge on any atom is 0.237 e. The Hall–Kier alpha value is -2.82. The lowest BCUT2D eigenvalue weighted by molar-refractivity contribution is -0.115. The van der Waals surface area contributed by atoms with Crippen LogP contribution in [0.2, 0.25) is 0 Å². The van der Waals surface area contributed by atoms with E-state index in [4.69, 9.17) is 14.5 Å². The van der Waals surface area contributed by atoms with Gasteiger partial charge < -0.3 is 14.8 Å². The maximum atomic E-state index is 12.5. The number of hydrogen-bond donors (Lipinski definition) is 1. The Morgan fingerprint density at radius 3 is 2.42 bits per heavy atom. The van der Waals surface area contributed by atoms with Crippen LogP contribution in [-0.2, 0) is 4.79 Å². The summed E-state index contributed by atoms with van der Waals surface area (Å²) >= 11 is 0. The first-order chi connectivity index (χ1) is 11.7. The predicted octanol–water partition coefficient (Wildman–Crippen LogP) is 3.92. The normalized spacial score (nSPS) is 16.5. The van der Waals surface area contributed by atoms with Crippen molar-refractivity contribution in [2.24, 2.45) is 4.99 Å². The molecule has 0 aliphatic carbocycles. The number of nitrogens with zero attached hydrogens (tertiary/aromatic N) is 1. The van der Waals surface area contributed by atoms with Crippen LogP contribution in [0.5, 0.6) is 11.5 Å². The van der Waals surface area contributed by atoms with E-state index in [1.807, 2.05) is 43.3 Å². The van der Waals surface area contributed by atoms with Crippen LogP contribution in [0.4, 0.5) is 11.4 Å². The fourth-order valence-corrected chi connectivity index (χ4v) is 2.93. The average molecular weight is 324 g/mol. The fourth-order valence-electron chi connectivity index (χ4n) is 2.93. The quantitative estimate of drug-likeness (QED) is 0.848. The van der Waals surface area contributed by atoms with Crippen LogP contribution in [-0.4, -0.2) is 25.8 Å². The van der Waals surface area contributed by atoms with Gasteiger partial charge in [0, 0.05) is 17.5 Å². The summed E-state index contributed by atoms with van der Waals surface area (Å²) in [5.41, 5.74) is 3.28. The van der Waals surface area contributed by atoms with Crippen molar-refractivity contribution >= 4 is 23.0 Å². The van der Waals surface area contributed by atoms with Gasteiger partial charge >= 0.3 is 0 Å². The topological polar surface area (TPSA) is 59.9 Å². The molecule has 3 rings (SSSR count). The minimum atomic E-state index is -0.412. The molecule has 1 atom stereocenters. The zero-order chi connectivity index (χ0) is 17.1. The summed E-state index contributed by atoms with van der Waals surface area (Å²) in [7, 11) is 3.16. The first kappa shape index (κ1) is 16.1. The van der Waals surface area contributed by atoms with Gasteiger partial charge in [-0.3, -0.25) is 9.79 Å². The van der Waals surface area contributed by atoms with Gasteiger partial charge in [0.1, 0.15) is 5.92 Å². The van der Waals surface area contributed by atoms with Gasteiger partial charge in [-0.15, -0.1) is 0 Å². The van der Waals surface area contributed by atoms with Gasteiger partial charge in [-0.25, -0.2) is 0 Å². The molecule has 2 aromatic rings. The van der Waals surface area contributed by atoms with E-state index in [1.165, 1.54) is 0 Å². The molecule has 124 valence electrons. The number of ether oxygens (including phenoxy) is 2. The Morgan fingerprint density at radius 1 is 1.12 bits per heavy atom. The van der Waals surface area contributed by atoms with Crippen molar-refractivity contribution in [3.8, 4) is 11.5 Å². The number of methoxy groups -OCH3 is 2. The molecule has 0 fully saturated rings. The lowest BCUT2D eigenvalue weighted by Crippen LogP contribution is -2.20. The molecule has 0 aromatic heterocycles. The van der Waals surface area contributed by atoms with E-state index in [1.54, 1.807) is 20.3 Å². The number of carbonyl (C=O) groups is 1. The lowest BCUT2D eigenvalue weighted by Gasteiger charge is -2.14. The summed E-state index contributed by atoms with van der Waals surface area (Å²) in [6, 6.07) is 13.3. The predicted molar refractivity (Wildman–Crippen MR) is 94.7 cm³/mol. The van der Waals surface area contributed by atoms with Gasteiger partial charge in [-0.05, 0) is 30.2 Å². The number of fused-ring (bicyclic) bond motifs is 1. The molecular formula is C19H20N2O3. The number of anilines is 1. The Bertz CT molecular complexity index is 785. The highest BCUT2D eigenvalue weighted by Gasteiger charge is 2.35. The van der Waals surface area contributed by atoms with Crippen molar-refractivity contribution in [2.75, 3.05) is 19.5 Å². The van der Waals surface area contributed by atoms with E-state index < -0.39 is 5.92 Å². The molecule has 1 aliphatic rings. The molecule has 1 unspecified atom stereocenters. The third kappa shape index (κ3) is 2.85. The highest BCUT2D eigenvalue weighted by Crippen LogP contribution is 2.42. The summed E-state index contributed by atoms with van der Waals surface area (Å²) in [5.74, 6) is 0.713. The summed E-state index contributed by atoms with van der Waals surface area (Å²) in [4.78, 5) is 17.2. The van der Waals surface area contributed by atoms with E-state index in [9.17, 15) is 4.79 Å². The molecule has 1 aliphatic heterocycles. The first-order valence-corrected chi connectivity index (χ1v) is 7.87. The van der Waals surface area contributed by atoms with E-state index in [0.29, 0.717) is 17.9 Å². The number of aliphatic imine (C=N–C) groups is 1. The lowest BCUT2D eigenvalue weighted by atomic mass is 9.93. The molecule has 1 heterocycles. The number of nitrogens with one attached hydrogen (secondary N) is 1. The van der Waals surface area contributed by atoms with Gasteiger partial charge in [0.15, 0.2) is 11.5 Å². The average Bonchev–Trinajstić information content (AvgIpc) is 2.94. The fraction of sp³-hybridized carbons (Fsp3) is 0.263. The van der Waals surface area contributed by atoms with Crippen LogP contribution in [0.15, 0.2) is 47.5 Å². The summed E-state index contributed by atoms with van der Waals surface area (Å²) < 4.78 is 10.7. The molecule has 0 spiro atoms.